The van der Waals surface area contributed by atoms with Crippen LogP contribution in [0.2, 0.25) is 0 Å². The first kappa shape index (κ1) is 65.0. The molecule has 14 atom stereocenters. The van der Waals surface area contributed by atoms with Crippen LogP contribution in [-0.4, -0.2) is 176 Å². The molecule has 0 bridgehead atoms. The molecule has 0 aromatic rings. The number of carboxylic acid groups (broad SMARTS) is 1. The van der Waals surface area contributed by atoms with Gasteiger partial charge in [-0.05, 0) is 57.8 Å². The number of hydrogen-bond donors (Lipinski definition) is 16. The molecule has 0 aromatic heterocycles. The number of carbonyl (C=O) groups is 11. The van der Waals surface area contributed by atoms with Crippen LogP contribution in [0.15, 0.2) is 0 Å². The quantitative estimate of drug-likeness (QED) is 0.0308. The molecule has 27 nitrogen and oxygen atoms in total. The molecule has 0 rings (SSSR count). The lowest BCUT2D eigenvalue weighted by molar-refractivity contribution is -0.143. The molecule has 0 heterocycles. The summed E-state index contributed by atoms with van der Waals surface area (Å²) >= 11 is 0. The third-order valence-corrected chi connectivity index (χ3v) is 11.1. The Morgan fingerprint density at radius 1 is 0.451 bits per heavy atom. The first-order valence-electron chi connectivity index (χ1n) is 23.4. The molecule has 0 aromatic carbocycles. The number of nitrogens with one attached hydrogen (secondary N) is 9. The van der Waals surface area contributed by atoms with Crippen LogP contribution < -0.4 is 59.3 Å². The van der Waals surface area contributed by atoms with E-state index in [4.69, 9.17) is 11.5 Å². The molecule has 0 saturated carbocycles. The molecule has 0 aliphatic rings. The summed E-state index contributed by atoms with van der Waals surface area (Å²) < 4.78 is 0. The molecule has 18 N–H and O–H groups in total. The van der Waals surface area contributed by atoms with Crippen molar-refractivity contribution < 1.29 is 78.3 Å². The van der Waals surface area contributed by atoms with Crippen molar-refractivity contribution in [1.29, 1.82) is 0 Å². The predicted octanol–water partition coefficient (Wildman–Crippen LogP) is -5.80. The highest BCUT2D eigenvalue weighted by molar-refractivity contribution is 5.99. The minimum atomic E-state index is -1.78. The van der Waals surface area contributed by atoms with Crippen molar-refractivity contribution in [2.24, 2.45) is 35.1 Å². The summed E-state index contributed by atoms with van der Waals surface area (Å²) in [7, 11) is 0. The highest BCUT2D eigenvalue weighted by Gasteiger charge is 2.39. The number of rotatable bonds is 31. The predicted molar refractivity (Wildman–Crippen MR) is 253 cm³/mol. The summed E-state index contributed by atoms with van der Waals surface area (Å²) in [4.78, 5) is 143. The molecule has 71 heavy (non-hydrogen) atoms. The molecule has 0 fully saturated rings. The van der Waals surface area contributed by atoms with Gasteiger partial charge in [0.2, 0.25) is 59.1 Å². The van der Waals surface area contributed by atoms with Gasteiger partial charge in [0.15, 0.2) is 0 Å². The zero-order valence-corrected chi connectivity index (χ0v) is 42.5. The van der Waals surface area contributed by atoms with Crippen LogP contribution in [0.3, 0.4) is 0 Å². The number of carboxylic acids is 1. The minimum absolute atomic E-state index is 0.0840. The minimum Gasteiger partial charge on any atom is -0.480 e. The van der Waals surface area contributed by atoms with E-state index in [0.717, 1.165) is 13.8 Å². The van der Waals surface area contributed by atoms with Crippen molar-refractivity contribution in [2.75, 3.05) is 6.54 Å². The van der Waals surface area contributed by atoms with Gasteiger partial charge in [0, 0.05) is 0 Å². The van der Waals surface area contributed by atoms with Crippen molar-refractivity contribution in [3.8, 4) is 0 Å². The van der Waals surface area contributed by atoms with Gasteiger partial charge in [0.25, 0.3) is 0 Å². The van der Waals surface area contributed by atoms with Crippen molar-refractivity contribution in [2.45, 2.75) is 181 Å². The Morgan fingerprint density at radius 2 is 0.817 bits per heavy atom. The van der Waals surface area contributed by atoms with Crippen molar-refractivity contribution in [3.63, 3.8) is 0 Å². The van der Waals surface area contributed by atoms with E-state index in [1.807, 2.05) is 0 Å². The van der Waals surface area contributed by atoms with Crippen LogP contribution in [0.25, 0.3) is 0 Å². The number of aliphatic hydroxyl groups excluding tert-OH is 4. The Morgan fingerprint density at radius 3 is 1.20 bits per heavy atom. The summed E-state index contributed by atoms with van der Waals surface area (Å²) in [5.41, 5.74) is 11.0. The van der Waals surface area contributed by atoms with Crippen LogP contribution in [-0.2, 0) is 52.7 Å². The van der Waals surface area contributed by atoms with E-state index >= 15 is 0 Å². The maximum atomic E-state index is 13.7. The number of aliphatic carboxylic acids is 1. The van der Waals surface area contributed by atoms with Gasteiger partial charge in [-0.1, -0.05) is 61.8 Å². The second-order valence-corrected chi connectivity index (χ2v) is 18.8. The van der Waals surface area contributed by atoms with E-state index in [0.29, 0.717) is 0 Å². The van der Waals surface area contributed by atoms with Gasteiger partial charge in [-0.15, -0.1) is 0 Å². The van der Waals surface area contributed by atoms with E-state index in [9.17, 15) is 78.3 Å². The zero-order valence-electron chi connectivity index (χ0n) is 42.5. The van der Waals surface area contributed by atoms with E-state index in [-0.39, 0.29) is 18.8 Å². The molecular weight excluding hydrogens is 939 g/mol. The first-order chi connectivity index (χ1) is 32.7. The number of aliphatic hydroxyl groups is 4. The van der Waals surface area contributed by atoms with Crippen LogP contribution >= 0.6 is 0 Å². The largest absolute Gasteiger partial charge is 0.480 e. The summed E-state index contributed by atoms with van der Waals surface area (Å²) in [5, 5.41) is 71.6. The number of hydrogen-bond acceptors (Lipinski definition) is 16. The number of carbonyl (C=O) groups excluding carboxylic acids is 10. The van der Waals surface area contributed by atoms with Gasteiger partial charge >= 0.3 is 5.97 Å². The van der Waals surface area contributed by atoms with Gasteiger partial charge < -0.3 is 84.9 Å². The SMILES string of the molecule is CC[C@H](C)[C@H](NC(=O)[C@@H](NC(=O)[C@@H](N)[C@@H](C)O)[C@@H](C)O)C(=O)N[C@H](C(=O)N[C@H](C(=O)N[C@H](C(=O)NCC(=O)N[C@@H](CC(N)=O)C(=O)N[C@H](C(=O)N[C@@H](CC(C)C)C(=O)O)C(C)C)[C@@H](C)O)C(C)C)[C@@H](C)O. The van der Waals surface area contributed by atoms with Crippen molar-refractivity contribution >= 4 is 65.0 Å². The van der Waals surface area contributed by atoms with Crippen LogP contribution in [0, 0.1) is 23.7 Å². The highest BCUT2D eigenvalue weighted by atomic mass is 16.4. The summed E-state index contributed by atoms with van der Waals surface area (Å²) in [5.74, 6) is -13.7. The normalized spacial score (nSPS) is 17.4. The number of primary amides is 1. The lowest BCUT2D eigenvalue weighted by atomic mass is 9.96. The zero-order chi connectivity index (χ0) is 55.4. The van der Waals surface area contributed by atoms with E-state index in [2.05, 4.69) is 47.9 Å². The molecule has 10 amide bonds. The molecule has 406 valence electrons. The monoisotopic (exact) mass is 1020 g/mol. The third kappa shape index (κ3) is 22.3. The van der Waals surface area contributed by atoms with Gasteiger partial charge in [0.05, 0.1) is 37.4 Å². The summed E-state index contributed by atoms with van der Waals surface area (Å²) in [6, 6.07) is -13.8. The highest BCUT2D eigenvalue weighted by Crippen LogP contribution is 2.13. The van der Waals surface area contributed by atoms with Gasteiger partial charge in [-0.3, -0.25) is 47.9 Å². The third-order valence-electron chi connectivity index (χ3n) is 11.1. The van der Waals surface area contributed by atoms with Crippen molar-refractivity contribution in [3.05, 3.63) is 0 Å². The molecule has 0 aliphatic heterocycles. The summed E-state index contributed by atoms with van der Waals surface area (Å²) in [6.07, 6.45) is -6.46. The standard InChI is InChI=1S/C44H79N11O16/c1-13-20(8)32(52-43(69)34(23(11)58)53-37(63)29(46)21(9)56)41(67)55-35(24(12)59)42(68)51-31(19(6)7)40(66)54-33(22(10)57)38(64)47-16-28(61)48-25(15-27(45)60)36(62)50-30(18(4)5)39(65)49-26(44(70)71)14-17(2)3/h17-26,29-35,56-59H,13-16,46H2,1-12H3,(H2,45,60)(H,47,64)(H,48,61)(H,49,65)(H,50,62)(H,51,68)(H,52,69)(H,53,63)(H,54,66)(H,55,67)(H,70,71)/t20-,21+,22+,23+,24+,25-,26-,29-,30-,31-,32-,33-,34-,35-/m0/s1. The topological polar surface area (TPSA) is 449 Å². The lowest BCUT2D eigenvalue weighted by Crippen LogP contribution is -2.64. The Kier molecular flexibility index (Phi) is 28.0. The van der Waals surface area contributed by atoms with Gasteiger partial charge in [0.1, 0.15) is 54.4 Å². The molecule has 0 unspecified atom stereocenters. The molecule has 27 heteroatoms. The van der Waals surface area contributed by atoms with Crippen LogP contribution in [0.5, 0.6) is 0 Å². The molecule has 0 radical (unpaired) electrons. The Labute approximate surface area is 413 Å². The van der Waals surface area contributed by atoms with E-state index < -0.39 is 175 Å². The van der Waals surface area contributed by atoms with Crippen molar-refractivity contribution in [1.82, 2.24) is 47.9 Å². The molecule has 0 aliphatic carbocycles. The average Bonchev–Trinajstić information content (AvgIpc) is 3.25. The van der Waals surface area contributed by atoms with Crippen LogP contribution in [0.4, 0.5) is 0 Å². The fourth-order valence-electron chi connectivity index (χ4n) is 6.57. The number of amides is 10. The Hall–Kier alpha value is -6.03. The fourth-order valence-corrected chi connectivity index (χ4v) is 6.57. The maximum absolute atomic E-state index is 13.7. The average molecular weight is 1020 g/mol. The Balaban J connectivity index is 6.13. The smallest absolute Gasteiger partial charge is 0.326 e. The fraction of sp³-hybridized carbons (Fsp3) is 0.750. The molecule has 0 saturated heterocycles. The van der Waals surface area contributed by atoms with Crippen LogP contribution in [0.1, 0.15) is 102 Å². The molecule has 0 spiro atoms. The van der Waals surface area contributed by atoms with Gasteiger partial charge in [-0.2, -0.15) is 0 Å². The van der Waals surface area contributed by atoms with E-state index in [1.165, 1.54) is 27.7 Å². The Bertz CT molecular complexity index is 1860. The molecular formula is C44H79N11O16. The second kappa shape index (κ2) is 30.7. The number of nitrogens with two attached hydrogens (primary N) is 2. The van der Waals surface area contributed by atoms with Gasteiger partial charge in [-0.25, -0.2) is 4.79 Å². The second-order valence-electron chi connectivity index (χ2n) is 18.8. The summed E-state index contributed by atoms with van der Waals surface area (Å²) in [6.45, 7) is 16.7. The lowest BCUT2D eigenvalue weighted by Gasteiger charge is -2.31. The van der Waals surface area contributed by atoms with E-state index in [1.54, 1.807) is 41.5 Å². The first-order valence-corrected chi connectivity index (χ1v) is 23.4. The maximum Gasteiger partial charge on any atom is 0.326 e.